The van der Waals surface area contributed by atoms with Gasteiger partial charge in [-0.15, -0.1) is 0 Å². The molecule has 0 saturated heterocycles. The van der Waals surface area contributed by atoms with Crippen LogP contribution in [0, 0.1) is 5.89 Å². The summed E-state index contributed by atoms with van der Waals surface area (Å²) in [6.45, 7) is -10.6. The summed E-state index contributed by atoms with van der Waals surface area (Å²) in [7, 11) is 0. The molecule has 100 valence electrons. The van der Waals surface area contributed by atoms with Crippen LogP contribution in [0.15, 0.2) is 24.3 Å². The fourth-order valence-electron chi connectivity index (χ4n) is 2.09. The van der Waals surface area contributed by atoms with Crippen molar-refractivity contribution in [3.8, 4) is 5.75 Å². The molecular weight excluding hydrogens is 226 g/mol. The second-order valence-corrected chi connectivity index (χ2v) is 4.19. The Morgan fingerprint density at radius 3 is 3.33 bits per heavy atom. The number of rotatable bonds is 4. The lowest BCUT2D eigenvalue weighted by Gasteiger charge is -2.41. The zero-order valence-electron chi connectivity index (χ0n) is 21.7. The van der Waals surface area contributed by atoms with E-state index in [-0.39, 0.29) is 24.2 Å². The highest BCUT2D eigenvalue weighted by Gasteiger charge is 2.40. The lowest BCUT2D eigenvalue weighted by Crippen LogP contribution is -2.43. The number of aliphatic hydroxyl groups is 1. The maximum absolute atomic E-state index is 11.6. The molecule has 0 aromatic heterocycles. The van der Waals surface area contributed by atoms with E-state index in [1.807, 2.05) is 0 Å². The summed E-state index contributed by atoms with van der Waals surface area (Å²) in [6.07, 6.45) is -3.53. The van der Waals surface area contributed by atoms with Crippen molar-refractivity contribution in [1.82, 2.24) is 4.90 Å². The third-order valence-electron chi connectivity index (χ3n) is 2.92. The molecule has 3 heteroatoms. The molecule has 0 unspecified atom stereocenters. The van der Waals surface area contributed by atoms with Gasteiger partial charge in [0.15, 0.2) is 0 Å². The van der Waals surface area contributed by atoms with Crippen molar-refractivity contribution < 1.29 is 25.3 Å². The van der Waals surface area contributed by atoms with Crippen LogP contribution in [0.5, 0.6) is 5.75 Å². The zero-order chi connectivity index (χ0) is 23.4. The average molecular weight is 261 g/mol. The van der Waals surface area contributed by atoms with Gasteiger partial charge in [-0.25, -0.2) is 0 Å². The van der Waals surface area contributed by atoms with Gasteiger partial charge in [-0.2, -0.15) is 0 Å². The van der Waals surface area contributed by atoms with E-state index < -0.39 is 49.6 Å². The molecule has 0 bridgehead atoms. The fourth-order valence-corrected chi connectivity index (χ4v) is 2.09. The Morgan fingerprint density at radius 1 is 1.67 bits per heavy atom. The molecule has 2 atom stereocenters. The van der Waals surface area contributed by atoms with Crippen LogP contribution in [0.1, 0.15) is 46.3 Å². The van der Waals surface area contributed by atoms with Crippen LogP contribution in [0.25, 0.3) is 0 Å². The Hall–Kier alpha value is -1.06. The summed E-state index contributed by atoms with van der Waals surface area (Å²) in [5, 5.41) is 16.0. The quantitative estimate of drug-likeness (QED) is 0.874. The van der Waals surface area contributed by atoms with Crippen molar-refractivity contribution in [2.24, 2.45) is 5.89 Å². The first-order chi connectivity index (χ1) is 13.4. The number of hydrogen-bond donors (Lipinski definition) is 2. The van der Waals surface area contributed by atoms with Crippen LogP contribution < -0.4 is 0 Å². The molecule has 1 saturated carbocycles. The number of phenolic OH excluding ortho intramolecular Hbond substituents is 1. The first-order valence-electron chi connectivity index (χ1n) is 11.5. The minimum Gasteiger partial charge on any atom is -0.508 e. The predicted octanol–water partition coefficient (Wildman–Crippen LogP) is 2.33. The van der Waals surface area contributed by atoms with Gasteiger partial charge in [-0.1, -0.05) is 25.0 Å². The van der Waals surface area contributed by atoms with Gasteiger partial charge in [-0.05, 0) is 44.4 Å². The molecule has 18 heavy (non-hydrogen) atoms. The van der Waals surface area contributed by atoms with Crippen molar-refractivity contribution >= 4 is 0 Å². The fraction of sp³-hybridized carbons (Fsp3) is 0.600. The van der Waals surface area contributed by atoms with Gasteiger partial charge in [-0.3, -0.25) is 0 Å². The average Bonchev–Trinajstić information content (AvgIpc) is 2.56. The second-order valence-electron chi connectivity index (χ2n) is 4.19. The molecule has 0 spiro atoms. The van der Waals surface area contributed by atoms with E-state index >= 15 is 0 Å². The summed E-state index contributed by atoms with van der Waals surface area (Å²) in [4.78, 5) is -0.433. The lowest BCUT2D eigenvalue weighted by molar-refractivity contribution is -0.0619. The van der Waals surface area contributed by atoms with E-state index in [9.17, 15) is 5.11 Å². The number of hydrogen-bond acceptors (Lipinski definition) is 3. The van der Waals surface area contributed by atoms with E-state index in [0.717, 1.165) is 6.07 Å². The van der Waals surface area contributed by atoms with Gasteiger partial charge in [0.2, 0.25) is 0 Å². The minimum absolute atomic E-state index is 0.0944. The van der Waals surface area contributed by atoms with Gasteiger partial charge in [0, 0.05) is 27.5 Å². The Kier molecular flexibility index (Phi) is 1.41. The van der Waals surface area contributed by atoms with Gasteiger partial charge in [0.25, 0.3) is 1.43 Å². The number of phenols is 1. The zero-order valence-corrected chi connectivity index (χ0v) is 9.73. The lowest BCUT2D eigenvalue weighted by atomic mass is 9.71. The Labute approximate surface area is 126 Å². The molecular formula is C15H23NO2. The van der Waals surface area contributed by atoms with Crippen molar-refractivity contribution in [3.63, 3.8) is 0 Å². The number of aromatic hydroxyl groups is 1. The molecule has 0 aliphatic heterocycles. The number of benzene rings is 1. The SMILES string of the molecule is [2H]Oc1cccc([C@]2(O)C([2H])([2H])CCC[C@@]2([2H])C([2H])([2H])N(C([2H])([2H])[2H])C([2H])([2H])[2H])c1. The summed E-state index contributed by atoms with van der Waals surface area (Å²) in [5.41, 5.74) is -3.29. The number of nitrogens with zero attached hydrogens (tertiary/aromatic N) is 1. The molecule has 1 fully saturated rings. The van der Waals surface area contributed by atoms with Crippen LogP contribution in [0.4, 0.5) is 0 Å². The molecule has 0 amide bonds. The van der Waals surface area contributed by atoms with Crippen LogP contribution in [-0.4, -0.2) is 37.0 Å². The van der Waals surface area contributed by atoms with Gasteiger partial charge in [0.05, 0.1) is 5.60 Å². The molecule has 3 nitrogen and oxygen atoms in total. The summed E-state index contributed by atoms with van der Waals surface area (Å²) < 4.78 is 94.9. The highest BCUT2D eigenvalue weighted by molar-refractivity contribution is 5.32. The smallest absolute Gasteiger partial charge is 0.293 e. The topological polar surface area (TPSA) is 43.7 Å². The van der Waals surface area contributed by atoms with Crippen LogP contribution in [0.3, 0.4) is 0 Å². The highest BCUT2D eigenvalue weighted by Crippen LogP contribution is 2.42. The Bertz CT molecular complexity index is 766. The molecule has 2 rings (SSSR count). The molecule has 1 aromatic rings. The summed E-state index contributed by atoms with van der Waals surface area (Å²) >= 11 is 0. The van der Waals surface area contributed by atoms with E-state index in [4.69, 9.17) is 16.5 Å². The third kappa shape index (κ3) is 2.68. The van der Waals surface area contributed by atoms with Gasteiger partial charge >= 0.3 is 0 Å². The van der Waals surface area contributed by atoms with E-state index in [1.165, 1.54) is 18.2 Å². The van der Waals surface area contributed by atoms with Crippen molar-refractivity contribution in [2.75, 3.05) is 20.4 Å². The molecule has 0 heterocycles. The van der Waals surface area contributed by atoms with Crippen LogP contribution in [0.2, 0.25) is 0 Å². The molecule has 2 N–H and O–H groups in total. The molecule has 1 aliphatic rings. The highest BCUT2D eigenvalue weighted by atomic mass is 16.3. The maximum atomic E-state index is 11.6. The minimum atomic E-state index is -3.52. The third-order valence-corrected chi connectivity index (χ3v) is 2.92. The van der Waals surface area contributed by atoms with Crippen LogP contribution in [-0.2, 0) is 5.60 Å². The van der Waals surface area contributed by atoms with Gasteiger partial charge in [0.1, 0.15) is 5.75 Å². The Balaban J connectivity index is 2.84. The van der Waals surface area contributed by atoms with Crippen molar-refractivity contribution in [2.45, 2.75) is 31.2 Å². The van der Waals surface area contributed by atoms with E-state index in [0.29, 0.717) is 0 Å². The van der Waals surface area contributed by atoms with E-state index in [2.05, 4.69) is 5.11 Å². The summed E-state index contributed by atoms with van der Waals surface area (Å²) in [5.74, 6) is -3.08. The first kappa shape index (κ1) is 4.80. The predicted molar refractivity (Wildman–Crippen MR) is 72.5 cm³/mol. The normalized spacial score (nSPS) is 47.2. The van der Waals surface area contributed by atoms with Crippen molar-refractivity contribution in [1.29, 1.82) is 1.43 Å². The molecule has 1 aromatic carbocycles. The summed E-state index contributed by atoms with van der Waals surface area (Å²) in [6, 6.07) is 4.85. The van der Waals surface area contributed by atoms with Gasteiger partial charge < -0.3 is 15.1 Å². The molecule has 1 aliphatic carbocycles. The monoisotopic (exact) mass is 261 g/mol. The molecule has 0 radical (unpaired) electrons. The van der Waals surface area contributed by atoms with Crippen molar-refractivity contribution in [3.05, 3.63) is 29.8 Å². The van der Waals surface area contributed by atoms with Crippen LogP contribution >= 0.6 is 0 Å². The standard InChI is InChI=1S/C15H23NO2/c1-16(2)11-13-6-3-4-9-15(13,18)12-7-5-8-14(17)10-12/h5,7-8,10,13,17-18H,3-4,6,9,11H2,1-2H3/t13-,15+/m0/s1/i1D3,2D3,9D2,11D2,13D/hD. The maximum Gasteiger partial charge on any atom is 0.293 e. The van der Waals surface area contributed by atoms with E-state index in [1.54, 1.807) is 0 Å². The Morgan fingerprint density at radius 2 is 2.56 bits per heavy atom. The second kappa shape index (κ2) is 5.29. The first-order valence-corrected chi connectivity index (χ1v) is 5.63. The largest absolute Gasteiger partial charge is 0.508 e.